The number of aliphatic hydroxyl groups is 1. The minimum Gasteiger partial charge on any atom is -0.495 e. The van der Waals surface area contributed by atoms with Crippen molar-refractivity contribution >= 4 is 0 Å². The molecule has 0 spiro atoms. The molecule has 0 unspecified atom stereocenters. The maximum Gasteiger partial charge on any atom is 0.139 e. The van der Waals surface area contributed by atoms with Gasteiger partial charge >= 0.3 is 0 Å². The first-order valence-electron chi connectivity index (χ1n) is 5.38. The second-order valence-corrected chi connectivity index (χ2v) is 4.51. The molecule has 0 atom stereocenters. The van der Waals surface area contributed by atoms with E-state index in [2.05, 4.69) is 6.07 Å². The molecule has 0 bridgehead atoms. The average molecular weight is 217 g/mol. The molecule has 1 aliphatic carbocycles. The van der Waals surface area contributed by atoms with Gasteiger partial charge in [0.2, 0.25) is 0 Å². The minimum atomic E-state index is -0.520. The van der Waals surface area contributed by atoms with Crippen LogP contribution in [0.25, 0.3) is 0 Å². The largest absolute Gasteiger partial charge is 0.495 e. The molecular formula is C13H15NO2. The number of benzene rings is 1. The number of nitrogens with zero attached hydrogens (tertiary/aromatic N) is 1. The maximum absolute atomic E-state index is 9.85. The molecule has 2 rings (SSSR count). The van der Waals surface area contributed by atoms with E-state index in [1.54, 1.807) is 7.11 Å². The Labute approximate surface area is 95.3 Å². The maximum atomic E-state index is 9.85. The van der Waals surface area contributed by atoms with Crippen molar-refractivity contribution < 1.29 is 9.84 Å². The zero-order chi connectivity index (χ0) is 11.8. The summed E-state index contributed by atoms with van der Waals surface area (Å²) in [5, 5.41) is 18.9. The lowest BCUT2D eigenvalue weighted by Crippen LogP contribution is -2.11. The van der Waals surface area contributed by atoms with Gasteiger partial charge in [0.05, 0.1) is 18.3 Å². The van der Waals surface area contributed by atoms with Crippen molar-refractivity contribution in [1.82, 2.24) is 0 Å². The van der Waals surface area contributed by atoms with Gasteiger partial charge in [0, 0.05) is 6.42 Å². The normalized spacial score (nSPS) is 16.6. The number of aryl methyl sites for hydroxylation is 1. The van der Waals surface area contributed by atoms with Crippen LogP contribution in [-0.4, -0.2) is 17.8 Å². The highest BCUT2D eigenvalue weighted by molar-refractivity contribution is 5.50. The topological polar surface area (TPSA) is 53.2 Å². The summed E-state index contributed by atoms with van der Waals surface area (Å²) in [5.74, 6) is 0.633. The van der Waals surface area contributed by atoms with Gasteiger partial charge in [-0.3, -0.25) is 0 Å². The summed E-state index contributed by atoms with van der Waals surface area (Å²) in [6.07, 6.45) is 2.35. The molecule has 0 heterocycles. The summed E-state index contributed by atoms with van der Waals surface area (Å²) in [4.78, 5) is 0. The van der Waals surface area contributed by atoms with Gasteiger partial charge in [-0.2, -0.15) is 5.26 Å². The SMILES string of the molecule is COc1c(C)cc(CC2(O)CC2)cc1C#N. The van der Waals surface area contributed by atoms with Gasteiger partial charge in [-0.05, 0) is 37.0 Å². The Hall–Kier alpha value is -1.53. The Kier molecular flexibility index (Phi) is 2.61. The van der Waals surface area contributed by atoms with Gasteiger partial charge in [-0.25, -0.2) is 0 Å². The van der Waals surface area contributed by atoms with Gasteiger partial charge in [-0.15, -0.1) is 0 Å². The van der Waals surface area contributed by atoms with Crippen LogP contribution in [0.1, 0.15) is 29.5 Å². The lowest BCUT2D eigenvalue weighted by Gasteiger charge is -2.12. The summed E-state index contributed by atoms with van der Waals surface area (Å²) in [5.41, 5.74) is 1.98. The fourth-order valence-electron chi connectivity index (χ4n) is 2.01. The molecule has 1 fully saturated rings. The third-order valence-electron chi connectivity index (χ3n) is 3.02. The van der Waals surface area contributed by atoms with E-state index < -0.39 is 5.60 Å². The van der Waals surface area contributed by atoms with E-state index in [4.69, 9.17) is 10.00 Å². The van der Waals surface area contributed by atoms with Crippen LogP contribution in [0.3, 0.4) is 0 Å². The molecule has 1 N–H and O–H groups in total. The number of methoxy groups -OCH3 is 1. The van der Waals surface area contributed by atoms with E-state index in [1.165, 1.54) is 0 Å². The molecule has 0 aliphatic heterocycles. The molecule has 1 aromatic carbocycles. The number of rotatable bonds is 3. The standard InChI is InChI=1S/C13H15NO2/c1-9-5-10(7-13(15)3-4-13)6-11(8-14)12(9)16-2/h5-6,15H,3-4,7H2,1-2H3. The smallest absolute Gasteiger partial charge is 0.139 e. The highest BCUT2D eigenvalue weighted by atomic mass is 16.5. The van der Waals surface area contributed by atoms with Crippen molar-refractivity contribution in [2.75, 3.05) is 7.11 Å². The van der Waals surface area contributed by atoms with Gasteiger partial charge in [0.15, 0.2) is 0 Å². The molecule has 0 saturated heterocycles. The fourth-order valence-corrected chi connectivity index (χ4v) is 2.01. The summed E-state index contributed by atoms with van der Waals surface area (Å²) in [6, 6.07) is 5.92. The Morgan fingerprint density at radius 3 is 2.69 bits per heavy atom. The quantitative estimate of drug-likeness (QED) is 0.841. The predicted molar refractivity (Wildman–Crippen MR) is 60.3 cm³/mol. The molecular weight excluding hydrogens is 202 g/mol. The first-order chi connectivity index (χ1) is 7.58. The first kappa shape index (κ1) is 11.0. The van der Waals surface area contributed by atoms with Crippen LogP contribution in [0.5, 0.6) is 5.75 Å². The molecule has 1 saturated carbocycles. The number of ether oxygens (including phenoxy) is 1. The molecule has 0 radical (unpaired) electrons. The number of hydrogen-bond donors (Lipinski definition) is 1. The highest BCUT2D eigenvalue weighted by Crippen LogP contribution is 2.39. The Morgan fingerprint density at radius 2 is 2.19 bits per heavy atom. The second-order valence-electron chi connectivity index (χ2n) is 4.51. The lowest BCUT2D eigenvalue weighted by atomic mass is 10.00. The second kappa shape index (κ2) is 3.80. The number of hydrogen-bond acceptors (Lipinski definition) is 3. The van der Waals surface area contributed by atoms with Crippen LogP contribution in [0.4, 0.5) is 0 Å². The molecule has 0 amide bonds. The summed E-state index contributed by atoms with van der Waals surface area (Å²) < 4.78 is 5.18. The van der Waals surface area contributed by atoms with Crippen molar-refractivity contribution in [2.45, 2.75) is 31.8 Å². The Balaban J connectivity index is 2.34. The van der Waals surface area contributed by atoms with E-state index in [0.717, 1.165) is 24.0 Å². The Bertz CT molecular complexity index is 456. The molecule has 3 heteroatoms. The third kappa shape index (κ3) is 2.02. The third-order valence-corrected chi connectivity index (χ3v) is 3.02. The monoisotopic (exact) mass is 217 g/mol. The van der Waals surface area contributed by atoms with E-state index in [1.807, 2.05) is 19.1 Å². The van der Waals surface area contributed by atoms with Gasteiger partial charge in [0.1, 0.15) is 11.8 Å². The summed E-state index contributed by atoms with van der Waals surface area (Å²) in [6.45, 7) is 1.92. The Morgan fingerprint density at radius 1 is 1.50 bits per heavy atom. The molecule has 1 aliphatic rings. The van der Waals surface area contributed by atoms with Crippen molar-refractivity contribution in [1.29, 1.82) is 5.26 Å². The van der Waals surface area contributed by atoms with Crippen molar-refractivity contribution in [2.24, 2.45) is 0 Å². The van der Waals surface area contributed by atoms with Crippen LogP contribution < -0.4 is 4.74 Å². The average Bonchev–Trinajstić information content (AvgIpc) is 2.95. The molecule has 1 aromatic rings. The van der Waals surface area contributed by atoms with Gasteiger partial charge in [-0.1, -0.05) is 6.07 Å². The predicted octanol–water partition coefficient (Wildman–Crippen LogP) is 1.94. The van der Waals surface area contributed by atoms with Crippen molar-refractivity contribution in [3.8, 4) is 11.8 Å². The van der Waals surface area contributed by atoms with Gasteiger partial charge < -0.3 is 9.84 Å². The van der Waals surface area contributed by atoms with E-state index in [-0.39, 0.29) is 0 Å². The molecule has 16 heavy (non-hydrogen) atoms. The summed E-state index contributed by atoms with van der Waals surface area (Å²) in [7, 11) is 1.57. The molecule has 84 valence electrons. The number of nitriles is 1. The lowest BCUT2D eigenvalue weighted by molar-refractivity contribution is 0.151. The van der Waals surface area contributed by atoms with Crippen molar-refractivity contribution in [3.63, 3.8) is 0 Å². The fraction of sp³-hybridized carbons (Fsp3) is 0.462. The van der Waals surface area contributed by atoms with Crippen LogP contribution >= 0.6 is 0 Å². The van der Waals surface area contributed by atoms with E-state index in [9.17, 15) is 5.11 Å². The van der Waals surface area contributed by atoms with Crippen LogP contribution in [0.2, 0.25) is 0 Å². The molecule has 3 nitrogen and oxygen atoms in total. The zero-order valence-corrected chi connectivity index (χ0v) is 9.58. The van der Waals surface area contributed by atoms with Gasteiger partial charge in [0.25, 0.3) is 0 Å². The van der Waals surface area contributed by atoms with Crippen molar-refractivity contribution in [3.05, 3.63) is 28.8 Å². The van der Waals surface area contributed by atoms with E-state index >= 15 is 0 Å². The van der Waals surface area contributed by atoms with Crippen LogP contribution in [-0.2, 0) is 6.42 Å². The summed E-state index contributed by atoms with van der Waals surface area (Å²) >= 11 is 0. The van der Waals surface area contributed by atoms with Crippen LogP contribution in [0.15, 0.2) is 12.1 Å². The molecule has 0 aromatic heterocycles. The highest BCUT2D eigenvalue weighted by Gasteiger charge is 2.40. The first-order valence-corrected chi connectivity index (χ1v) is 5.38. The minimum absolute atomic E-state index is 0.520. The van der Waals surface area contributed by atoms with E-state index in [0.29, 0.717) is 17.7 Å². The zero-order valence-electron chi connectivity index (χ0n) is 9.58. The van der Waals surface area contributed by atoms with Crippen LogP contribution in [0, 0.1) is 18.3 Å².